The fraction of sp³-hybridized carbons (Fsp3) is 0.460. The summed E-state index contributed by atoms with van der Waals surface area (Å²) in [5.74, 6) is -8.35. The second-order valence-corrected chi connectivity index (χ2v) is 18.5. The first-order valence-electron chi connectivity index (χ1n) is 22.1. The van der Waals surface area contributed by atoms with Gasteiger partial charge in [-0.15, -0.1) is 0 Å². The number of carboxylic acids is 1. The first kappa shape index (κ1) is 48.7. The zero-order valence-corrected chi connectivity index (χ0v) is 37.7. The number of fused-ring (bicyclic) bond motifs is 5. The Balaban J connectivity index is 1.36. The van der Waals surface area contributed by atoms with E-state index in [0.717, 1.165) is 6.92 Å². The number of esters is 4. The van der Waals surface area contributed by atoms with E-state index in [-0.39, 0.29) is 54.6 Å². The number of nitrogens with one attached hydrogen (secondary N) is 1. The van der Waals surface area contributed by atoms with Crippen LogP contribution < -0.4 is 5.32 Å². The minimum Gasteiger partial charge on any atom is -0.481 e. The number of amides is 1. The van der Waals surface area contributed by atoms with Crippen LogP contribution in [-0.2, 0) is 47.7 Å². The lowest BCUT2D eigenvalue weighted by molar-refractivity contribution is -0.346. The summed E-state index contributed by atoms with van der Waals surface area (Å²) in [6.07, 6.45) is -11.9. The quantitative estimate of drug-likeness (QED) is 0.0871. The molecule has 0 unspecified atom stereocenters. The lowest BCUT2D eigenvalue weighted by Gasteiger charge is -2.67. The highest BCUT2D eigenvalue weighted by molar-refractivity contribution is 5.96. The Morgan fingerprint density at radius 1 is 0.851 bits per heavy atom. The van der Waals surface area contributed by atoms with Crippen LogP contribution in [0.5, 0.6) is 0 Å². The maximum absolute atomic E-state index is 15.6. The fourth-order valence-corrected chi connectivity index (χ4v) is 10.7. The number of ether oxygens (including phenoxy) is 5. The molecule has 4 aliphatic rings. The maximum Gasteiger partial charge on any atom is 0.338 e. The van der Waals surface area contributed by atoms with E-state index in [1.54, 1.807) is 78.9 Å². The third-order valence-electron chi connectivity index (χ3n) is 14.2. The summed E-state index contributed by atoms with van der Waals surface area (Å²) in [5.41, 5.74) is -7.61. The molecule has 1 saturated heterocycles. The predicted molar refractivity (Wildman–Crippen MR) is 234 cm³/mol. The van der Waals surface area contributed by atoms with E-state index in [4.69, 9.17) is 23.7 Å². The van der Waals surface area contributed by atoms with Crippen molar-refractivity contribution in [3.63, 3.8) is 0 Å². The lowest BCUT2D eigenvalue weighted by atomic mass is 9.44. The molecule has 1 amide bonds. The molecule has 3 aliphatic carbocycles. The number of ketones is 1. The molecule has 0 spiro atoms. The average molecular weight is 926 g/mol. The number of rotatable bonds is 14. The Hall–Kier alpha value is -6.27. The molecule has 3 fully saturated rings. The van der Waals surface area contributed by atoms with E-state index in [0.29, 0.717) is 5.56 Å². The number of carbonyl (C=O) groups excluding carboxylic acids is 6. The molecule has 1 heterocycles. The van der Waals surface area contributed by atoms with Crippen LogP contribution in [0.3, 0.4) is 0 Å². The zero-order chi connectivity index (χ0) is 48.6. The first-order chi connectivity index (χ1) is 31.7. The first-order valence-corrected chi connectivity index (χ1v) is 22.1. The van der Waals surface area contributed by atoms with Gasteiger partial charge in [0.2, 0.25) is 0 Å². The summed E-state index contributed by atoms with van der Waals surface area (Å²) < 4.78 is 30.6. The van der Waals surface area contributed by atoms with E-state index in [2.05, 4.69) is 5.32 Å². The number of aliphatic carboxylic acids is 1. The van der Waals surface area contributed by atoms with Crippen molar-refractivity contribution < 1.29 is 77.7 Å². The van der Waals surface area contributed by atoms with Crippen molar-refractivity contribution in [1.82, 2.24) is 5.32 Å². The largest absolute Gasteiger partial charge is 0.481 e. The van der Waals surface area contributed by atoms with Crippen molar-refractivity contribution in [2.75, 3.05) is 6.61 Å². The van der Waals surface area contributed by atoms with E-state index < -0.39 is 119 Å². The molecule has 0 aromatic heterocycles. The minimum absolute atomic E-state index is 0.0255. The van der Waals surface area contributed by atoms with Crippen LogP contribution in [-0.4, -0.2) is 116 Å². The maximum atomic E-state index is 15.6. The van der Waals surface area contributed by atoms with Crippen molar-refractivity contribution in [3.05, 3.63) is 119 Å². The second-order valence-electron chi connectivity index (χ2n) is 18.5. The number of benzene rings is 3. The van der Waals surface area contributed by atoms with Gasteiger partial charge in [0.15, 0.2) is 17.5 Å². The van der Waals surface area contributed by atoms with Crippen LogP contribution in [0.2, 0.25) is 0 Å². The summed E-state index contributed by atoms with van der Waals surface area (Å²) in [6.45, 7) is 6.63. The number of Topliss-reactive ketones (excluding diaryl/α,β-unsaturated/α-hetero) is 1. The van der Waals surface area contributed by atoms with Gasteiger partial charge in [0.25, 0.3) is 5.91 Å². The Labute approximate surface area is 386 Å². The molecule has 2 bridgehead atoms. The average Bonchev–Trinajstić information content (AvgIpc) is 3.29. The van der Waals surface area contributed by atoms with E-state index in [9.17, 15) is 49.2 Å². The number of aliphatic hydroxyl groups excluding tert-OH is 2. The highest BCUT2D eigenvalue weighted by Crippen LogP contribution is 2.64. The summed E-state index contributed by atoms with van der Waals surface area (Å²) in [6, 6.07) is 22.7. The zero-order valence-electron chi connectivity index (χ0n) is 37.7. The van der Waals surface area contributed by atoms with Crippen LogP contribution in [0.15, 0.2) is 102 Å². The third-order valence-corrected chi connectivity index (χ3v) is 14.2. The van der Waals surface area contributed by atoms with Gasteiger partial charge in [-0.2, -0.15) is 0 Å². The summed E-state index contributed by atoms with van der Waals surface area (Å²) in [7, 11) is 0. The topological polar surface area (TPSA) is 259 Å². The Bertz CT molecular complexity index is 2440. The number of carbonyl (C=O) groups is 7. The molecular formula is C50H55NO16. The highest BCUT2D eigenvalue weighted by Gasteiger charge is 2.78. The summed E-state index contributed by atoms with van der Waals surface area (Å²) in [4.78, 5) is 95.7. The van der Waals surface area contributed by atoms with Crippen molar-refractivity contribution >= 4 is 41.5 Å². The summed E-state index contributed by atoms with van der Waals surface area (Å²) in [5, 5.41) is 50.0. The van der Waals surface area contributed by atoms with Crippen LogP contribution in [0.1, 0.15) is 99.0 Å². The predicted octanol–water partition coefficient (Wildman–Crippen LogP) is 3.97. The van der Waals surface area contributed by atoms with Gasteiger partial charge < -0.3 is 49.4 Å². The van der Waals surface area contributed by atoms with Crippen molar-refractivity contribution in [2.45, 2.75) is 121 Å². The number of hydrogen-bond donors (Lipinski definition) is 5. The molecule has 67 heavy (non-hydrogen) atoms. The number of carboxylic acid groups (broad SMARTS) is 1. The second kappa shape index (κ2) is 18.8. The molecule has 17 nitrogen and oxygen atoms in total. The van der Waals surface area contributed by atoms with Gasteiger partial charge in [-0.1, -0.05) is 80.6 Å². The molecule has 3 aromatic rings. The fourth-order valence-electron chi connectivity index (χ4n) is 10.7. The minimum atomic E-state index is -2.46. The molecule has 356 valence electrons. The van der Waals surface area contributed by atoms with Crippen molar-refractivity contribution in [1.29, 1.82) is 0 Å². The SMILES string of the molecule is CC(=O)O[C@@]12CO[C@@H]1C[C@H](OC(=O)CCCC(=O)O)[C@@]1(C)C(=O)[C@H](O)C3=C(C)[C@@H](OC(=O)[C@H](O)[C@@H](NC(=O)c4ccccc4)c4ccccc4)C[C@@](O)([C@@H](OC(=O)c4ccccc4)[C@H]21)C3(C)C. The Kier molecular flexibility index (Phi) is 13.6. The van der Waals surface area contributed by atoms with Gasteiger partial charge in [0.1, 0.15) is 36.1 Å². The van der Waals surface area contributed by atoms with Crippen LogP contribution >= 0.6 is 0 Å². The van der Waals surface area contributed by atoms with Gasteiger partial charge >= 0.3 is 29.8 Å². The summed E-state index contributed by atoms with van der Waals surface area (Å²) >= 11 is 0. The van der Waals surface area contributed by atoms with Crippen molar-refractivity contribution in [2.24, 2.45) is 16.7 Å². The number of aliphatic hydroxyl groups is 3. The molecule has 11 atom stereocenters. The van der Waals surface area contributed by atoms with Gasteiger partial charge in [-0.3, -0.25) is 24.0 Å². The lowest BCUT2D eigenvalue weighted by Crippen LogP contribution is -2.82. The molecular weight excluding hydrogens is 871 g/mol. The molecule has 1 aliphatic heterocycles. The molecule has 5 N–H and O–H groups in total. The normalized spacial score (nSPS) is 30.3. The van der Waals surface area contributed by atoms with Crippen LogP contribution in [0.4, 0.5) is 0 Å². The van der Waals surface area contributed by atoms with Gasteiger partial charge in [-0.25, -0.2) is 9.59 Å². The van der Waals surface area contributed by atoms with Gasteiger partial charge in [-0.05, 0) is 61.2 Å². The molecule has 2 saturated carbocycles. The van der Waals surface area contributed by atoms with Crippen LogP contribution in [0.25, 0.3) is 0 Å². The van der Waals surface area contributed by atoms with Crippen LogP contribution in [0, 0.1) is 16.7 Å². The molecule has 7 rings (SSSR count). The van der Waals surface area contributed by atoms with E-state index in [1.165, 1.54) is 39.8 Å². The Morgan fingerprint density at radius 2 is 1.45 bits per heavy atom. The Morgan fingerprint density at radius 3 is 2.01 bits per heavy atom. The molecule has 0 radical (unpaired) electrons. The van der Waals surface area contributed by atoms with Crippen molar-refractivity contribution in [3.8, 4) is 0 Å². The van der Waals surface area contributed by atoms with Gasteiger partial charge in [0.05, 0.1) is 29.5 Å². The van der Waals surface area contributed by atoms with E-state index >= 15 is 4.79 Å². The van der Waals surface area contributed by atoms with E-state index in [1.807, 2.05) is 0 Å². The molecule has 17 heteroatoms. The highest BCUT2D eigenvalue weighted by atomic mass is 16.6. The smallest absolute Gasteiger partial charge is 0.338 e. The third kappa shape index (κ3) is 8.76. The monoisotopic (exact) mass is 925 g/mol. The number of hydrogen-bond acceptors (Lipinski definition) is 15. The molecule has 3 aromatic carbocycles. The van der Waals surface area contributed by atoms with Gasteiger partial charge in [0, 0.05) is 43.6 Å². The standard InChI is InChI=1S/C50H55NO16/c1-27-32(64-46(61)40(57)38(29-16-9-6-10-17-29)51-44(59)30-18-11-7-12-19-30)25-50(62)43(66-45(60)31-20-13-8-14-21-31)41-48(5,42(58)39(56)37(27)47(50,3)4)33(65-36(55)23-15-22-35(53)54)24-34-49(41,26-63-34)67-28(2)52/h6-14,16-21,32-34,38-41,43,56-57,62H,15,22-26H2,1-5H3,(H,51,59)(H,53,54)/t32-,33-,34+,38-,39+,40+,41-,43-,48+,49-,50+/m0/s1.